The minimum atomic E-state index is 0.364. The van der Waals surface area contributed by atoms with E-state index in [-0.39, 0.29) is 0 Å². The maximum absolute atomic E-state index is 5.59. The van der Waals surface area contributed by atoms with Gasteiger partial charge in [-0.3, -0.25) is 9.88 Å². The van der Waals surface area contributed by atoms with Crippen molar-refractivity contribution in [2.75, 3.05) is 44.3 Å². The van der Waals surface area contributed by atoms with E-state index >= 15 is 0 Å². The van der Waals surface area contributed by atoms with E-state index in [9.17, 15) is 0 Å². The van der Waals surface area contributed by atoms with Gasteiger partial charge in [-0.25, -0.2) is 9.97 Å². The second kappa shape index (κ2) is 9.11. The van der Waals surface area contributed by atoms with Gasteiger partial charge in [0, 0.05) is 44.0 Å². The normalized spacial score (nSPS) is 18.4. The van der Waals surface area contributed by atoms with Crippen LogP contribution in [0.2, 0.25) is 0 Å². The zero-order chi connectivity index (χ0) is 21.0. The Balaban J connectivity index is 1.37. The summed E-state index contributed by atoms with van der Waals surface area (Å²) in [7, 11) is 0. The Morgan fingerprint density at radius 1 is 1.06 bits per heavy atom. The number of ether oxygens (including phenoxy) is 1. The molecule has 8 heteroatoms. The van der Waals surface area contributed by atoms with Crippen molar-refractivity contribution in [3.05, 3.63) is 53.7 Å². The van der Waals surface area contributed by atoms with Crippen LogP contribution in [-0.4, -0.2) is 64.4 Å². The monoisotopic (exact) mass is 420 g/mol. The number of aromatic nitrogens is 4. The van der Waals surface area contributed by atoms with Crippen LogP contribution in [0.5, 0.6) is 0 Å². The number of rotatable bonds is 5. The van der Waals surface area contributed by atoms with Crippen LogP contribution in [0.4, 0.5) is 5.95 Å². The van der Waals surface area contributed by atoms with Crippen LogP contribution in [0.1, 0.15) is 35.8 Å². The van der Waals surface area contributed by atoms with Gasteiger partial charge in [-0.15, -0.1) is 0 Å². The van der Waals surface area contributed by atoms with Gasteiger partial charge in [0.2, 0.25) is 5.95 Å². The third-order valence-electron chi connectivity index (χ3n) is 6.08. The van der Waals surface area contributed by atoms with Crippen LogP contribution >= 0.6 is 0 Å². The van der Waals surface area contributed by atoms with Gasteiger partial charge in [0.15, 0.2) is 5.76 Å². The molecule has 0 unspecified atom stereocenters. The lowest BCUT2D eigenvalue weighted by molar-refractivity contribution is 0.122. The molecule has 0 aromatic carbocycles. The highest BCUT2D eigenvalue weighted by atomic mass is 16.5. The first-order valence-electron chi connectivity index (χ1n) is 11.0. The quantitative estimate of drug-likeness (QED) is 0.623. The van der Waals surface area contributed by atoms with Crippen LogP contribution in [0.3, 0.4) is 0 Å². The Kier molecular flexibility index (Phi) is 5.90. The summed E-state index contributed by atoms with van der Waals surface area (Å²) in [4.78, 5) is 18.9. The van der Waals surface area contributed by atoms with E-state index in [1.807, 2.05) is 31.5 Å². The average Bonchev–Trinajstić information content (AvgIpc) is 3.26. The van der Waals surface area contributed by atoms with Gasteiger partial charge in [0.1, 0.15) is 0 Å². The van der Waals surface area contributed by atoms with Gasteiger partial charge in [-0.05, 0) is 45.0 Å². The summed E-state index contributed by atoms with van der Waals surface area (Å²) in [6, 6.07) is 8.07. The standard InChI is InChI=1S/C23H28N6O2/c1-17-14-21(31-27-17)20-15-25-23(29-10-12-30-13-11-29)26-22(20)18-5-8-28(9-6-18)16-19-4-2-3-7-24-19/h2-4,7,14-15,18H,5-6,8-13,16H2,1H3. The SMILES string of the molecule is Cc1cc(-c2cnc(N3CCOCC3)nc2C2CCN(Cc3ccccn3)CC2)on1. The highest BCUT2D eigenvalue weighted by molar-refractivity contribution is 5.61. The maximum Gasteiger partial charge on any atom is 0.225 e. The van der Waals surface area contributed by atoms with Crippen molar-refractivity contribution in [3.8, 4) is 11.3 Å². The minimum Gasteiger partial charge on any atom is -0.378 e. The molecule has 3 aromatic heterocycles. The average molecular weight is 421 g/mol. The number of morpholine rings is 1. The minimum absolute atomic E-state index is 0.364. The van der Waals surface area contributed by atoms with Crippen molar-refractivity contribution in [1.82, 2.24) is 25.0 Å². The van der Waals surface area contributed by atoms with E-state index in [0.29, 0.717) is 19.1 Å². The summed E-state index contributed by atoms with van der Waals surface area (Å²) in [5.74, 6) is 1.90. The summed E-state index contributed by atoms with van der Waals surface area (Å²) < 4.78 is 11.1. The molecular weight excluding hydrogens is 392 g/mol. The smallest absolute Gasteiger partial charge is 0.225 e. The number of pyridine rings is 1. The molecule has 0 atom stereocenters. The van der Waals surface area contributed by atoms with Crippen LogP contribution in [0.15, 0.2) is 41.2 Å². The first-order chi connectivity index (χ1) is 15.3. The van der Waals surface area contributed by atoms with E-state index in [1.165, 1.54) is 0 Å². The number of piperidine rings is 1. The molecule has 0 N–H and O–H groups in total. The summed E-state index contributed by atoms with van der Waals surface area (Å²) in [6.45, 7) is 7.95. The van der Waals surface area contributed by atoms with E-state index in [1.54, 1.807) is 0 Å². The molecule has 8 nitrogen and oxygen atoms in total. The number of likely N-dealkylation sites (tertiary alicyclic amines) is 1. The second-order valence-electron chi connectivity index (χ2n) is 8.27. The Hall–Kier alpha value is -2.84. The summed E-state index contributed by atoms with van der Waals surface area (Å²) in [6.07, 6.45) is 5.87. The van der Waals surface area contributed by atoms with E-state index < -0.39 is 0 Å². The molecule has 0 radical (unpaired) electrons. The molecule has 3 aromatic rings. The predicted octanol–water partition coefficient (Wildman–Crippen LogP) is 3.05. The number of hydrogen-bond donors (Lipinski definition) is 0. The van der Waals surface area contributed by atoms with Crippen molar-refractivity contribution < 1.29 is 9.26 Å². The van der Waals surface area contributed by atoms with E-state index in [4.69, 9.17) is 14.2 Å². The number of nitrogens with zero attached hydrogens (tertiary/aromatic N) is 6. The van der Waals surface area contributed by atoms with Gasteiger partial charge < -0.3 is 14.2 Å². The Labute approximate surface area is 182 Å². The largest absolute Gasteiger partial charge is 0.378 e. The maximum atomic E-state index is 5.59. The first-order valence-corrected chi connectivity index (χ1v) is 11.0. The van der Waals surface area contributed by atoms with Gasteiger partial charge in [-0.2, -0.15) is 0 Å². The lowest BCUT2D eigenvalue weighted by Gasteiger charge is -2.33. The number of hydrogen-bond acceptors (Lipinski definition) is 8. The molecule has 0 amide bonds. The summed E-state index contributed by atoms with van der Waals surface area (Å²) in [5, 5.41) is 4.08. The molecule has 5 rings (SSSR count). The third-order valence-corrected chi connectivity index (χ3v) is 6.08. The van der Waals surface area contributed by atoms with Crippen molar-refractivity contribution in [2.24, 2.45) is 0 Å². The van der Waals surface area contributed by atoms with Crippen molar-refractivity contribution in [2.45, 2.75) is 32.2 Å². The molecule has 2 fully saturated rings. The fourth-order valence-electron chi connectivity index (χ4n) is 4.38. The van der Waals surface area contributed by atoms with Crippen molar-refractivity contribution in [1.29, 1.82) is 0 Å². The van der Waals surface area contributed by atoms with Crippen LogP contribution in [0.25, 0.3) is 11.3 Å². The topological polar surface area (TPSA) is 80.4 Å². The molecule has 0 bridgehead atoms. The summed E-state index contributed by atoms with van der Waals surface area (Å²) in [5.41, 5.74) is 4.02. The predicted molar refractivity (Wildman–Crippen MR) is 117 cm³/mol. The Bertz CT molecular complexity index is 994. The zero-order valence-corrected chi connectivity index (χ0v) is 17.9. The third kappa shape index (κ3) is 4.60. The Morgan fingerprint density at radius 2 is 1.90 bits per heavy atom. The van der Waals surface area contributed by atoms with Crippen molar-refractivity contribution >= 4 is 5.95 Å². The Morgan fingerprint density at radius 3 is 2.61 bits per heavy atom. The molecule has 2 saturated heterocycles. The second-order valence-corrected chi connectivity index (χ2v) is 8.27. The van der Waals surface area contributed by atoms with Gasteiger partial charge in [0.25, 0.3) is 0 Å². The van der Waals surface area contributed by atoms with E-state index in [0.717, 1.165) is 79.9 Å². The molecular formula is C23H28N6O2. The number of anilines is 1. The molecule has 0 spiro atoms. The van der Waals surface area contributed by atoms with Crippen molar-refractivity contribution in [3.63, 3.8) is 0 Å². The zero-order valence-electron chi connectivity index (χ0n) is 17.9. The van der Waals surface area contributed by atoms with E-state index in [2.05, 4.69) is 37.1 Å². The molecule has 0 saturated carbocycles. The highest BCUT2D eigenvalue weighted by Crippen LogP contribution is 2.35. The fraction of sp³-hybridized carbons (Fsp3) is 0.478. The highest BCUT2D eigenvalue weighted by Gasteiger charge is 2.27. The molecule has 162 valence electrons. The fourth-order valence-corrected chi connectivity index (χ4v) is 4.38. The molecule has 0 aliphatic carbocycles. The lowest BCUT2D eigenvalue weighted by Crippen LogP contribution is -2.38. The molecule has 31 heavy (non-hydrogen) atoms. The first kappa shape index (κ1) is 20.1. The summed E-state index contributed by atoms with van der Waals surface area (Å²) >= 11 is 0. The molecule has 2 aliphatic rings. The van der Waals surface area contributed by atoms with Gasteiger partial charge >= 0.3 is 0 Å². The number of aryl methyl sites for hydroxylation is 1. The molecule has 5 heterocycles. The van der Waals surface area contributed by atoms with Crippen LogP contribution < -0.4 is 4.90 Å². The lowest BCUT2D eigenvalue weighted by atomic mass is 9.90. The van der Waals surface area contributed by atoms with Gasteiger partial charge in [0.05, 0.1) is 35.9 Å². The van der Waals surface area contributed by atoms with Crippen LogP contribution in [0, 0.1) is 6.92 Å². The van der Waals surface area contributed by atoms with Gasteiger partial charge in [-0.1, -0.05) is 11.2 Å². The van der Waals surface area contributed by atoms with Crippen LogP contribution in [-0.2, 0) is 11.3 Å². The molecule has 2 aliphatic heterocycles.